The van der Waals surface area contributed by atoms with E-state index in [9.17, 15) is 14.4 Å². The maximum Gasteiger partial charge on any atom is 0.328 e. The molecule has 0 aliphatic heterocycles. The fourth-order valence-corrected chi connectivity index (χ4v) is 7.85. The number of carbonyl (C=O) groups is 1. The second kappa shape index (κ2) is 20.7. The van der Waals surface area contributed by atoms with Crippen LogP contribution in [0.4, 0.5) is 0 Å². The Labute approximate surface area is 324 Å². The summed E-state index contributed by atoms with van der Waals surface area (Å²) >= 11 is 0. The van der Waals surface area contributed by atoms with Gasteiger partial charge in [-0.3, -0.25) is 19.1 Å². The Morgan fingerprint density at radius 1 is 0.818 bits per heavy atom. The number of aromatic nitrogens is 2. The van der Waals surface area contributed by atoms with Crippen molar-refractivity contribution >= 4 is 14.4 Å². The van der Waals surface area contributed by atoms with Crippen molar-refractivity contribution in [2.24, 2.45) is 0 Å². The number of ether oxygens (including phenoxy) is 3. The lowest BCUT2D eigenvalue weighted by Crippen LogP contribution is -2.43. The number of carbonyl (C=O) groups excluding carboxylic acids is 1. The summed E-state index contributed by atoms with van der Waals surface area (Å²) in [6, 6.07) is 27.5. The fraction of sp³-hybridized carbons (Fsp3) is 0.415. The van der Waals surface area contributed by atoms with Gasteiger partial charge in [0, 0.05) is 36.9 Å². The smallest absolute Gasteiger partial charge is 0.328 e. The van der Waals surface area contributed by atoms with Crippen molar-refractivity contribution in [1.29, 1.82) is 5.26 Å². The molecule has 14 heteroatoms. The number of aryl methyl sites for hydroxylation is 1. The molecule has 13 nitrogen and oxygen atoms in total. The third-order valence-electron chi connectivity index (χ3n) is 8.93. The minimum absolute atomic E-state index is 0.0792. The molecular formula is C41H52N5O8P. The molecule has 55 heavy (non-hydrogen) atoms. The van der Waals surface area contributed by atoms with Crippen LogP contribution in [0.5, 0.6) is 11.5 Å². The van der Waals surface area contributed by atoms with Crippen molar-refractivity contribution in [1.82, 2.24) is 19.1 Å². The van der Waals surface area contributed by atoms with Gasteiger partial charge in [0.05, 0.1) is 46.5 Å². The molecule has 1 aromatic heterocycles. The summed E-state index contributed by atoms with van der Waals surface area (Å²) in [6.07, 6.45) is 1.59. The molecule has 4 rings (SSSR count). The van der Waals surface area contributed by atoms with Crippen LogP contribution < -0.4 is 20.7 Å². The normalized spacial score (nSPS) is 12.2. The number of aromatic amines is 1. The van der Waals surface area contributed by atoms with Gasteiger partial charge in [0.2, 0.25) is 5.91 Å². The van der Waals surface area contributed by atoms with E-state index < -0.39 is 25.4 Å². The zero-order chi connectivity index (χ0) is 40.0. The molecule has 3 aromatic carbocycles. The summed E-state index contributed by atoms with van der Waals surface area (Å²) in [5.74, 6) is 1.00. The first-order valence-electron chi connectivity index (χ1n) is 18.2. The SMILES string of the molecule is COc1ccc(C(OCCN(CCOP(OCCC#N)N(C(C)C)C(C)C)C(=O)Cn2cc(C)c(=O)[nH]c2=O)(c2ccccc2)c2ccc(OC)cc2)cc1. The van der Waals surface area contributed by atoms with Crippen LogP contribution in [0.3, 0.4) is 0 Å². The third-order valence-corrected chi connectivity index (χ3v) is 11.0. The summed E-state index contributed by atoms with van der Waals surface area (Å²) in [4.78, 5) is 42.7. The molecular weight excluding hydrogens is 721 g/mol. The maximum atomic E-state index is 14.1. The second-order valence-corrected chi connectivity index (χ2v) is 14.8. The maximum absolute atomic E-state index is 14.1. The fourth-order valence-electron chi connectivity index (χ4n) is 6.27. The van der Waals surface area contributed by atoms with Gasteiger partial charge in [-0.05, 0) is 75.6 Å². The monoisotopic (exact) mass is 773 g/mol. The number of nitrogens with one attached hydrogen (secondary N) is 1. The van der Waals surface area contributed by atoms with Crippen LogP contribution in [0.25, 0.3) is 0 Å². The van der Waals surface area contributed by atoms with Gasteiger partial charge >= 0.3 is 5.69 Å². The number of benzene rings is 3. The number of nitrogens with zero attached hydrogens (tertiary/aromatic N) is 4. The Hall–Kier alpha value is -4.83. The molecule has 0 bridgehead atoms. The first-order chi connectivity index (χ1) is 26.4. The van der Waals surface area contributed by atoms with Crippen molar-refractivity contribution in [3.8, 4) is 17.6 Å². The largest absolute Gasteiger partial charge is 0.497 e. The van der Waals surface area contributed by atoms with Crippen molar-refractivity contribution in [3.05, 3.63) is 128 Å². The molecule has 0 saturated carbocycles. The van der Waals surface area contributed by atoms with E-state index in [-0.39, 0.29) is 63.9 Å². The molecule has 1 amide bonds. The summed E-state index contributed by atoms with van der Waals surface area (Å²) < 4.78 is 33.7. The Kier molecular flexibility index (Phi) is 16.2. The number of H-pyrrole nitrogens is 1. The molecule has 1 unspecified atom stereocenters. The molecule has 0 spiro atoms. The molecule has 0 aliphatic rings. The first-order valence-corrected chi connectivity index (χ1v) is 19.4. The lowest BCUT2D eigenvalue weighted by molar-refractivity contribution is -0.133. The minimum atomic E-state index is -1.56. The molecule has 1 heterocycles. The zero-order valence-corrected chi connectivity index (χ0v) is 33.6. The summed E-state index contributed by atoms with van der Waals surface area (Å²) in [7, 11) is 1.67. The van der Waals surface area contributed by atoms with Crippen molar-refractivity contribution in [2.75, 3.05) is 47.1 Å². The van der Waals surface area contributed by atoms with E-state index in [0.29, 0.717) is 17.1 Å². The van der Waals surface area contributed by atoms with Gasteiger partial charge in [0.1, 0.15) is 23.6 Å². The van der Waals surface area contributed by atoms with E-state index in [4.69, 9.17) is 28.5 Å². The molecule has 1 N–H and O–H groups in total. The average Bonchev–Trinajstić information content (AvgIpc) is 3.18. The van der Waals surface area contributed by atoms with Gasteiger partial charge in [-0.25, -0.2) is 9.46 Å². The lowest BCUT2D eigenvalue weighted by Gasteiger charge is -2.37. The average molecular weight is 774 g/mol. The first kappa shape index (κ1) is 42.9. The highest BCUT2D eigenvalue weighted by Crippen LogP contribution is 2.46. The van der Waals surface area contributed by atoms with Crippen LogP contribution in [0.15, 0.2) is 94.6 Å². The number of methoxy groups -OCH3 is 2. The highest BCUT2D eigenvalue weighted by atomic mass is 31.2. The van der Waals surface area contributed by atoms with Gasteiger partial charge in [0.15, 0.2) is 0 Å². The van der Waals surface area contributed by atoms with E-state index in [2.05, 4.69) is 15.7 Å². The number of hydrogen-bond acceptors (Lipinski definition) is 10. The number of amides is 1. The van der Waals surface area contributed by atoms with E-state index in [1.54, 1.807) is 26.0 Å². The lowest BCUT2D eigenvalue weighted by atomic mass is 9.80. The van der Waals surface area contributed by atoms with Crippen LogP contribution in [-0.4, -0.2) is 84.2 Å². The predicted molar refractivity (Wildman–Crippen MR) is 212 cm³/mol. The van der Waals surface area contributed by atoms with Crippen molar-refractivity contribution < 1.29 is 28.1 Å². The minimum Gasteiger partial charge on any atom is -0.497 e. The second-order valence-electron chi connectivity index (χ2n) is 13.3. The molecule has 4 aromatic rings. The third kappa shape index (κ3) is 11.1. The van der Waals surface area contributed by atoms with Gasteiger partial charge in [0.25, 0.3) is 14.1 Å². The molecule has 0 radical (unpaired) electrons. The topological polar surface area (TPSA) is 148 Å². The van der Waals surface area contributed by atoms with Crippen LogP contribution in [0.1, 0.15) is 56.4 Å². The highest BCUT2D eigenvalue weighted by molar-refractivity contribution is 7.44. The van der Waals surface area contributed by atoms with Crippen molar-refractivity contribution in [2.45, 2.75) is 65.3 Å². The predicted octanol–water partition coefficient (Wildman–Crippen LogP) is 5.99. The van der Waals surface area contributed by atoms with Crippen molar-refractivity contribution in [3.63, 3.8) is 0 Å². The molecule has 0 fully saturated rings. The zero-order valence-electron chi connectivity index (χ0n) is 32.7. The quantitative estimate of drug-likeness (QED) is 0.0608. The highest BCUT2D eigenvalue weighted by Gasteiger charge is 2.38. The van der Waals surface area contributed by atoms with Gasteiger partial charge in [-0.15, -0.1) is 0 Å². The number of hydrogen-bond donors (Lipinski definition) is 1. The molecule has 0 aliphatic carbocycles. The van der Waals surface area contributed by atoms with Gasteiger partial charge in [-0.1, -0.05) is 54.6 Å². The Balaban J connectivity index is 1.69. The van der Waals surface area contributed by atoms with E-state index in [1.807, 2.05) is 107 Å². The van der Waals surface area contributed by atoms with Crippen LogP contribution in [0, 0.1) is 18.3 Å². The number of nitriles is 1. The summed E-state index contributed by atoms with van der Waals surface area (Å²) in [5.41, 5.74) is 0.538. The van der Waals surface area contributed by atoms with Crippen LogP contribution in [0.2, 0.25) is 0 Å². The van der Waals surface area contributed by atoms with E-state index >= 15 is 0 Å². The number of rotatable bonds is 21. The Morgan fingerprint density at radius 2 is 1.35 bits per heavy atom. The standard InChI is InChI=1S/C41H52N5O8P/c1-30(2)46(31(3)4)55(53-25-11-22-42)54-27-24-44(38(47)29-45-28-32(5)39(48)43-40(45)49)23-26-52-41(33-12-9-8-10-13-33,34-14-18-36(50-6)19-15-34)35-16-20-37(51-7)21-17-35/h8-10,12-21,28,30-31H,11,23-27,29H2,1-7H3,(H,43,48,49). The Bertz CT molecular complexity index is 1900. The van der Waals surface area contributed by atoms with E-state index in [0.717, 1.165) is 16.7 Å². The Morgan fingerprint density at radius 3 is 1.87 bits per heavy atom. The molecule has 1 atom stereocenters. The molecule has 0 saturated heterocycles. The summed E-state index contributed by atoms with van der Waals surface area (Å²) in [6.45, 7) is 10.1. The van der Waals surface area contributed by atoms with Crippen LogP contribution in [-0.2, 0) is 30.7 Å². The van der Waals surface area contributed by atoms with Gasteiger partial charge in [-0.2, -0.15) is 5.26 Å². The van der Waals surface area contributed by atoms with Crippen LogP contribution >= 0.6 is 8.53 Å². The summed E-state index contributed by atoms with van der Waals surface area (Å²) in [5, 5.41) is 9.14. The van der Waals surface area contributed by atoms with Gasteiger partial charge < -0.3 is 28.2 Å². The molecule has 294 valence electrons. The van der Waals surface area contributed by atoms with E-state index in [1.165, 1.54) is 10.8 Å².